The number of benzene rings is 3. The zero-order chi connectivity index (χ0) is 22.5. The molecule has 0 spiro atoms. The fourth-order valence-corrected chi connectivity index (χ4v) is 3.40. The van der Waals surface area contributed by atoms with Crippen LogP contribution in [0, 0.1) is 0 Å². The number of carbonyl (C=O) groups excluding carboxylic acids is 2. The van der Waals surface area contributed by atoms with Gasteiger partial charge >= 0.3 is 0 Å². The number of rotatable bonds is 5. The number of hydrogen-bond acceptors (Lipinski definition) is 4. The van der Waals surface area contributed by atoms with Crippen LogP contribution in [0.15, 0.2) is 83.3 Å². The Morgan fingerprint density at radius 2 is 1.53 bits per heavy atom. The molecule has 8 heteroatoms. The van der Waals surface area contributed by atoms with Gasteiger partial charge in [-0.1, -0.05) is 41.9 Å². The predicted molar refractivity (Wildman–Crippen MR) is 130 cm³/mol. The zero-order valence-electron chi connectivity index (χ0n) is 16.7. The lowest BCUT2D eigenvalue weighted by atomic mass is 10.1. The van der Waals surface area contributed by atoms with E-state index >= 15 is 0 Å². The van der Waals surface area contributed by atoms with E-state index in [0.717, 1.165) is 10.9 Å². The molecule has 0 atom stereocenters. The number of nitrogens with one attached hydrogen (secondary N) is 3. The van der Waals surface area contributed by atoms with E-state index in [-0.39, 0.29) is 29.1 Å². The fourth-order valence-electron chi connectivity index (χ4n) is 3.04. The van der Waals surface area contributed by atoms with Crippen molar-refractivity contribution in [2.24, 2.45) is 0 Å². The number of anilines is 2. The zero-order valence-corrected chi connectivity index (χ0v) is 18.3. The SMILES string of the molecule is O=C(Cc1ccc(Cl)cc1)NC(=S)Nc1ccc(NC(=O)c2cc3ccccc3o2)cc1. The second-order valence-electron chi connectivity index (χ2n) is 6.99. The van der Waals surface area contributed by atoms with Crippen molar-refractivity contribution < 1.29 is 14.0 Å². The van der Waals surface area contributed by atoms with Gasteiger partial charge in [-0.25, -0.2) is 0 Å². The molecule has 6 nitrogen and oxygen atoms in total. The number of furan rings is 1. The first-order chi connectivity index (χ1) is 15.5. The quantitative estimate of drug-likeness (QED) is 0.345. The minimum absolute atomic E-state index is 0.183. The molecule has 0 fully saturated rings. The Morgan fingerprint density at radius 3 is 2.22 bits per heavy atom. The summed E-state index contributed by atoms with van der Waals surface area (Å²) in [5.74, 6) is -0.343. The second kappa shape index (κ2) is 9.64. The summed E-state index contributed by atoms with van der Waals surface area (Å²) in [6, 6.07) is 23.1. The van der Waals surface area contributed by atoms with Crippen molar-refractivity contribution in [2.75, 3.05) is 10.6 Å². The van der Waals surface area contributed by atoms with Crippen molar-refractivity contribution in [3.8, 4) is 0 Å². The minimum atomic E-state index is -0.341. The Morgan fingerprint density at radius 1 is 0.875 bits per heavy atom. The lowest BCUT2D eigenvalue weighted by molar-refractivity contribution is -0.119. The molecule has 1 heterocycles. The summed E-state index contributed by atoms with van der Waals surface area (Å²) in [6.07, 6.45) is 0.186. The van der Waals surface area contributed by atoms with Crippen LogP contribution >= 0.6 is 23.8 Å². The first-order valence-corrected chi connectivity index (χ1v) is 10.5. The van der Waals surface area contributed by atoms with Crippen molar-refractivity contribution in [3.05, 3.63) is 95.2 Å². The predicted octanol–water partition coefficient (Wildman–Crippen LogP) is 5.39. The van der Waals surface area contributed by atoms with Gasteiger partial charge in [0.05, 0.1) is 6.42 Å². The minimum Gasteiger partial charge on any atom is -0.451 e. The van der Waals surface area contributed by atoms with Gasteiger partial charge in [-0.3, -0.25) is 9.59 Å². The lowest BCUT2D eigenvalue weighted by Gasteiger charge is -2.10. The molecule has 0 unspecified atom stereocenters. The van der Waals surface area contributed by atoms with Gasteiger partial charge in [-0.05, 0) is 66.3 Å². The van der Waals surface area contributed by atoms with Crippen LogP contribution in [0.1, 0.15) is 16.1 Å². The topological polar surface area (TPSA) is 83.4 Å². The third kappa shape index (κ3) is 5.51. The van der Waals surface area contributed by atoms with Crippen LogP contribution in [-0.2, 0) is 11.2 Å². The molecule has 3 N–H and O–H groups in total. The van der Waals surface area contributed by atoms with E-state index in [1.165, 1.54) is 0 Å². The fraction of sp³-hybridized carbons (Fsp3) is 0.0417. The van der Waals surface area contributed by atoms with Crippen molar-refractivity contribution >= 4 is 63.1 Å². The highest BCUT2D eigenvalue weighted by Crippen LogP contribution is 2.20. The van der Waals surface area contributed by atoms with Crippen LogP contribution in [0.3, 0.4) is 0 Å². The molecule has 32 heavy (non-hydrogen) atoms. The standard InChI is InChI=1S/C24H18ClN3O3S/c25-17-7-5-15(6-8-17)13-22(29)28-24(32)27-19-11-9-18(10-12-19)26-23(30)21-14-16-3-1-2-4-20(16)31-21/h1-12,14H,13H2,(H,26,30)(H2,27,28,29,32). The number of carbonyl (C=O) groups is 2. The molecule has 3 aromatic carbocycles. The molecule has 4 aromatic rings. The molecular formula is C24H18ClN3O3S. The summed E-state index contributed by atoms with van der Waals surface area (Å²) in [6.45, 7) is 0. The van der Waals surface area contributed by atoms with Gasteiger partial charge in [-0.2, -0.15) is 0 Å². The summed E-state index contributed by atoms with van der Waals surface area (Å²) < 4.78 is 5.58. The molecule has 0 radical (unpaired) electrons. The molecule has 1 aromatic heterocycles. The Kier molecular flexibility index (Phi) is 6.49. The van der Waals surface area contributed by atoms with Crippen molar-refractivity contribution in [3.63, 3.8) is 0 Å². The average Bonchev–Trinajstić information content (AvgIpc) is 3.21. The summed E-state index contributed by atoms with van der Waals surface area (Å²) >= 11 is 11.1. The maximum atomic E-state index is 12.4. The molecule has 0 aliphatic heterocycles. The van der Waals surface area contributed by atoms with E-state index in [1.54, 1.807) is 54.6 Å². The molecule has 0 aliphatic rings. The molecule has 0 bridgehead atoms. The Balaban J connectivity index is 1.30. The third-order valence-corrected chi connectivity index (χ3v) is 5.04. The van der Waals surface area contributed by atoms with Crippen molar-refractivity contribution in [1.29, 1.82) is 0 Å². The molecule has 4 rings (SSSR count). The summed E-state index contributed by atoms with van der Waals surface area (Å²) in [5.41, 5.74) is 2.75. The monoisotopic (exact) mass is 463 g/mol. The van der Waals surface area contributed by atoms with Gasteiger partial charge in [0.1, 0.15) is 5.58 Å². The molecule has 0 saturated heterocycles. The van der Waals surface area contributed by atoms with Crippen molar-refractivity contribution in [1.82, 2.24) is 5.32 Å². The lowest BCUT2D eigenvalue weighted by Crippen LogP contribution is -2.35. The summed E-state index contributed by atoms with van der Waals surface area (Å²) in [7, 11) is 0. The van der Waals surface area contributed by atoms with Gasteiger partial charge in [0, 0.05) is 21.8 Å². The third-order valence-electron chi connectivity index (χ3n) is 4.58. The number of hydrogen-bond donors (Lipinski definition) is 3. The Hall–Kier alpha value is -3.68. The highest BCUT2D eigenvalue weighted by Gasteiger charge is 2.12. The maximum Gasteiger partial charge on any atom is 0.291 e. The van der Waals surface area contributed by atoms with E-state index < -0.39 is 0 Å². The molecular weight excluding hydrogens is 446 g/mol. The highest BCUT2D eigenvalue weighted by molar-refractivity contribution is 7.80. The highest BCUT2D eigenvalue weighted by atomic mass is 35.5. The summed E-state index contributed by atoms with van der Waals surface area (Å²) in [5, 5.41) is 10.0. The van der Waals surface area contributed by atoms with Crippen LogP contribution in [0.4, 0.5) is 11.4 Å². The van der Waals surface area contributed by atoms with E-state index in [4.69, 9.17) is 28.2 Å². The number of thiocarbonyl (C=S) groups is 1. The van der Waals surface area contributed by atoms with Gasteiger partial charge in [0.2, 0.25) is 5.91 Å². The second-order valence-corrected chi connectivity index (χ2v) is 7.83. The van der Waals surface area contributed by atoms with Crippen LogP contribution in [0.5, 0.6) is 0 Å². The van der Waals surface area contributed by atoms with Gasteiger partial charge in [-0.15, -0.1) is 0 Å². The molecule has 0 saturated carbocycles. The largest absolute Gasteiger partial charge is 0.451 e. The normalized spacial score (nSPS) is 10.5. The molecule has 2 amide bonds. The number of amides is 2. The van der Waals surface area contributed by atoms with Gasteiger partial charge in [0.25, 0.3) is 5.91 Å². The van der Waals surface area contributed by atoms with Crippen LogP contribution in [0.2, 0.25) is 5.02 Å². The number of halogens is 1. The first-order valence-electron chi connectivity index (χ1n) is 9.71. The first kappa shape index (κ1) is 21.5. The Labute approximate surface area is 194 Å². The Bertz CT molecular complexity index is 1250. The number of para-hydroxylation sites is 1. The van der Waals surface area contributed by atoms with Crippen LogP contribution in [0.25, 0.3) is 11.0 Å². The maximum absolute atomic E-state index is 12.4. The smallest absolute Gasteiger partial charge is 0.291 e. The summed E-state index contributed by atoms with van der Waals surface area (Å²) in [4.78, 5) is 24.6. The van der Waals surface area contributed by atoms with Gasteiger partial charge in [0.15, 0.2) is 10.9 Å². The van der Waals surface area contributed by atoms with E-state index in [9.17, 15) is 9.59 Å². The van der Waals surface area contributed by atoms with E-state index in [2.05, 4.69) is 16.0 Å². The number of fused-ring (bicyclic) bond motifs is 1. The average molecular weight is 464 g/mol. The van der Waals surface area contributed by atoms with Crippen LogP contribution in [-0.4, -0.2) is 16.9 Å². The van der Waals surface area contributed by atoms with Crippen molar-refractivity contribution in [2.45, 2.75) is 6.42 Å². The molecule has 160 valence electrons. The van der Waals surface area contributed by atoms with E-state index in [0.29, 0.717) is 22.0 Å². The van der Waals surface area contributed by atoms with Crippen LogP contribution < -0.4 is 16.0 Å². The van der Waals surface area contributed by atoms with E-state index in [1.807, 2.05) is 24.3 Å². The molecule has 0 aliphatic carbocycles. The van der Waals surface area contributed by atoms with Gasteiger partial charge < -0.3 is 20.4 Å².